The second-order valence-electron chi connectivity index (χ2n) is 4.62. The molecule has 0 saturated heterocycles. The molecular weight excluding hydrogens is 250 g/mol. The second kappa shape index (κ2) is 5.21. The molecular formula is C14H16ClNO2. The van der Waals surface area contributed by atoms with Crippen LogP contribution in [0, 0.1) is 0 Å². The van der Waals surface area contributed by atoms with Crippen molar-refractivity contribution in [3.8, 4) is 11.5 Å². The number of nitrogens with one attached hydrogen (secondary N) is 1. The molecule has 0 radical (unpaired) electrons. The molecule has 1 aromatic carbocycles. The van der Waals surface area contributed by atoms with Crippen molar-refractivity contribution in [2.24, 2.45) is 0 Å². The summed E-state index contributed by atoms with van der Waals surface area (Å²) < 4.78 is 11.1. The van der Waals surface area contributed by atoms with Crippen molar-refractivity contribution in [2.75, 3.05) is 13.2 Å². The smallest absolute Gasteiger partial charge is 0.179 e. The molecule has 4 heteroatoms. The topological polar surface area (TPSA) is 30.5 Å². The Hall–Kier alpha value is -1.19. The summed E-state index contributed by atoms with van der Waals surface area (Å²) in [7, 11) is 0. The molecule has 18 heavy (non-hydrogen) atoms. The minimum Gasteiger partial charge on any atom is -0.486 e. The minimum atomic E-state index is 0.553. The zero-order valence-electron chi connectivity index (χ0n) is 10.1. The van der Waals surface area contributed by atoms with Crippen LogP contribution in [-0.4, -0.2) is 19.3 Å². The molecule has 0 saturated carbocycles. The predicted octanol–water partition coefficient (Wildman–Crippen LogP) is 2.92. The van der Waals surface area contributed by atoms with E-state index in [-0.39, 0.29) is 0 Å². The Labute approximate surface area is 112 Å². The molecule has 3 rings (SSSR count). The van der Waals surface area contributed by atoms with Crippen LogP contribution in [0.3, 0.4) is 0 Å². The molecule has 1 heterocycles. The standard InChI is InChI=1S/C14H16ClNO2/c15-12-7-10(9-16-11-3-1-2-4-11)8-13-14(12)18-6-5-17-13/h1-2,7-8,11,16H,3-6,9H2. The molecule has 1 aromatic rings. The first-order valence-corrected chi connectivity index (χ1v) is 6.67. The lowest BCUT2D eigenvalue weighted by molar-refractivity contribution is 0.171. The van der Waals surface area contributed by atoms with Gasteiger partial charge in [-0.05, 0) is 30.5 Å². The maximum absolute atomic E-state index is 6.20. The normalized spacial score (nSPS) is 18.3. The lowest BCUT2D eigenvalue weighted by Gasteiger charge is -2.21. The van der Waals surface area contributed by atoms with E-state index < -0.39 is 0 Å². The Morgan fingerprint density at radius 1 is 1.17 bits per heavy atom. The van der Waals surface area contributed by atoms with Crippen molar-refractivity contribution in [2.45, 2.75) is 25.4 Å². The van der Waals surface area contributed by atoms with Gasteiger partial charge in [-0.25, -0.2) is 0 Å². The summed E-state index contributed by atoms with van der Waals surface area (Å²) in [4.78, 5) is 0. The molecule has 0 amide bonds. The van der Waals surface area contributed by atoms with Crippen LogP contribution in [0.15, 0.2) is 24.3 Å². The predicted molar refractivity (Wildman–Crippen MR) is 71.4 cm³/mol. The third kappa shape index (κ3) is 2.47. The van der Waals surface area contributed by atoms with Crippen LogP contribution in [0.5, 0.6) is 11.5 Å². The SMILES string of the molecule is Clc1cc(CNC2CC=CC2)cc2c1OCCO2. The zero-order chi connectivity index (χ0) is 12.4. The van der Waals surface area contributed by atoms with Crippen LogP contribution >= 0.6 is 11.6 Å². The zero-order valence-corrected chi connectivity index (χ0v) is 10.9. The van der Waals surface area contributed by atoms with Gasteiger partial charge in [0.15, 0.2) is 11.5 Å². The quantitative estimate of drug-likeness (QED) is 0.853. The van der Waals surface area contributed by atoms with Gasteiger partial charge in [0, 0.05) is 12.6 Å². The maximum atomic E-state index is 6.20. The molecule has 1 aliphatic heterocycles. The van der Waals surface area contributed by atoms with E-state index >= 15 is 0 Å². The molecule has 3 nitrogen and oxygen atoms in total. The number of ether oxygens (including phenoxy) is 2. The average molecular weight is 266 g/mol. The van der Waals surface area contributed by atoms with Crippen LogP contribution in [-0.2, 0) is 6.54 Å². The van der Waals surface area contributed by atoms with Gasteiger partial charge < -0.3 is 14.8 Å². The molecule has 0 fully saturated rings. The maximum Gasteiger partial charge on any atom is 0.179 e. The fraction of sp³-hybridized carbons (Fsp3) is 0.429. The Bertz CT molecular complexity index is 465. The fourth-order valence-electron chi connectivity index (χ4n) is 2.31. The largest absolute Gasteiger partial charge is 0.486 e. The minimum absolute atomic E-state index is 0.553. The van der Waals surface area contributed by atoms with Gasteiger partial charge in [-0.1, -0.05) is 23.8 Å². The van der Waals surface area contributed by atoms with E-state index in [4.69, 9.17) is 21.1 Å². The highest BCUT2D eigenvalue weighted by Gasteiger charge is 2.17. The molecule has 0 unspecified atom stereocenters. The number of halogens is 1. The molecule has 0 aromatic heterocycles. The summed E-state index contributed by atoms with van der Waals surface area (Å²) in [5.41, 5.74) is 1.14. The van der Waals surface area contributed by atoms with Crippen molar-refractivity contribution in [1.29, 1.82) is 0 Å². The molecule has 0 spiro atoms. The summed E-state index contributed by atoms with van der Waals surface area (Å²) in [5.74, 6) is 1.43. The first-order chi connectivity index (χ1) is 8.83. The average Bonchev–Trinajstić information content (AvgIpc) is 2.90. The number of hydrogen-bond acceptors (Lipinski definition) is 3. The highest BCUT2D eigenvalue weighted by atomic mass is 35.5. The van der Waals surface area contributed by atoms with Crippen molar-refractivity contribution < 1.29 is 9.47 Å². The molecule has 96 valence electrons. The van der Waals surface area contributed by atoms with Gasteiger partial charge in [0.2, 0.25) is 0 Å². The number of rotatable bonds is 3. The van der Waals surface area contributed by atoms with Gasteiger partial charge in [-0.2, -0.15) is 0 Å². The number of hydrogen-bond donors (Lipinski definition) is 1. The van der Waals surface area contributed by atoms with Crippen LogP contribution in [0.25, 0.3) is 0 Å². The summed E-state index contributed by atoms with van der Waals surface area (Å²) in [6.07, 6.45) is 6.65. The lowest BCUT2D eigenvalue weighted by atomic mass is 10.1. The van der Waals surface area contributed by atoms with Crippen LogP contribution in [0.1, 0.15) is 18.4 Å². The summed E-state index contributed by atoms with van der Waals surface area (Å²) in [6, 6.07) is 4.51. The van der Waals surface area contributed by atoms with E-state index in [0.717, 1.165) is 30.7 Å². The number of benzene rings is 1. The van der Waals surface area contributed by atoms with Gasteiger partial charge in [0.1, 0.15) is 13.2 Å². The number of fused-ring (bicyclic) bond motifs is 1. The van der Waals surface area contributed by atoms with Gasteiger partial charge in [0.25, 0.3) is 0 Å². The van der Waals surface area contributed by atoms with Crippen LogP contribution < -0.4 is 14.8 Å². The van der Waals surface area contributed by atoms with E-state index in [1.165, 1.54) is 0 Å². The monoisotopic (exact) mass is 265 g/mol. The third-order valence-electron chi connectivity index (χ3n) is 3.26. The van der Waals surface area contributed by atoms with Crippen molar-refractivity contribution in [1.82, 2.24) is 5.32 Å². The first-order valence-electron chi connectivity index (χ1n) is 6.29. The Balaban J connectivity index is 1.70. The highest BCUT2D eigenvalue weighted by Crippen LogP contribution is 2.38. The fourth-order valence-corrected chi connectivity index (χ4v) is 2.60. The van der Waals surface area contributed by atoms with E-state index in [1.807, 2.05) is 12.1 Å². The van der Waals surface area contributed by atoms with E-state index in [2.05, 4.69) is 17.5 Å². The van der Waals surface area contributed by atoms with Gasteiger partial charge in [-0.15, -0.1) is 0 Å². The van der Waals surface area contributed by atoms with Crippen molar-refractivity contribution >= 4 is 11.6 Å². The van der Waals surface area contributed by atoms with Crippen molar-refractivity contribution in [3.63, 3.8) is 0 Å². The summed E-state index contributed by atoms with van der Waals surface area (Å²) >= 11 is 6.20. The highest BCUT2D eigenvalue weighted by molar-refractivity contribution is 6.32. The van der Waals surface area contributed by atoms with E-state index in [0.29, 0.717) is 30.0 Å². The van der Waals surface area contributed by atoms with E-state index in [9.17, 15) is 0 Å². The molecule has 1 N–H and O–H groups in total. The second-order valence-corrected chi connectivity index (χ2v) is 5.03. The molecule has 0 atom stereocenters. The van der Waals surface area contributed by atoms with Crippen LogP contribution in [0.2, 0.25) is 5.02 Å². The van der Waals surface area contributed by atoms with Crippen molar-refractivity contribution in [3.05, 3.63) is 34.9 Å². The summed E-state index contributed by atoms with van der Waals surface area (Å²) in [5, 5.41) is 4.15. The Morgan fingerprint density at radius 2 is 1.94 bits per heavy atom. The van der Waals surface area contributed by atoms with Gasteiger partial charge in [-0.3, -0.25) is 0 Å². The van der Waals surface area contributed by atoms with Gasteiger partial charge in [0.05, 0.1) is 5.02 Å². The van der Waals surface area contributed by atoms with Crippen LogP contribution in [0.4, 0.5) is 0 Å². The van der Waals surface area contributed by atoms with E-state index in [1.54, 1.807) is 0 Å². The Kier molecular flexibility index (Phi) is 3.43. The molecule has 2 aliphatic rings. The first kappa shape index (κ1) is 11.9. The summed E-state index contributed by atoms with van der Waals surface area (Å²) in [6.45, 7) is 1.97. The van der Waals surface area contributed by atoms with Gasteiger partial charge >= 0.3 is 0 Å². The molecule has 1 aliphatic carbocycles. The lowest BCUT2D eigenvalue weighted by Crippen LogP contribution is -2.25. The molecule has 0 bridgehead atoms. The third-order valence-corrected chi connectivity index (χ3v) is 3.54. The Morgan fingerprint density at radius 3 is 2.78 bits per heavy atom.